The number of hydrogen-bond acceptors (Lipinski definition) is 5. The fraction of sp³-hybridized carbons (Fsp3) is 0.364. The summed E-state index contributed by atoms with van der Waals surface area (Å²) in [6, 6.07) is 5.16. The van der Waals surface area contributed by atoms with E-state index in [0.29, 0.717) is 5.76 Å². The van der Waals surface area contributed by atoms with Gasteiger partial charge in [-0.2, -0.15) is 5.26 Å². The highest BCUT2D eigenvalue weighted by Crippen LogP contribution is 2.56. The smallest absolute Gasteiger partial charge is 0.371 e. The Hall–Kier alpha value is -1.34. The number of rotatable bonds is 6. The van der Waals surface area contributed by atoms with Gasteiger partial charge in [0.2, 0.25) is 0 Å². The molecule has 0 atom stereocenters. The third-order valence-electron chi connectivity index (χ3n) is 1.83. The van der Waals surface area contributed by atoms with Crippen molar-refractivity contribution in [2.45, 2.75) is 13.8 Å². The van der Waals surface area contributed by atoms with Crippen molar-refractivity contribution in [3.8, 4) is 6.07 Å². The first-order chi connectivity index (χ1) is 8.16. The van der Waals surface area contributed by atoms with Crippen LogP contribution in [0, 0.1) is 11.3 Å². The molecule has 0 aromatic carbocycles. The van der Waals surface area contributed by atoms with Crippen LogP contribution in [0.5, 0.6) is 0 Å². The van der Waals surface area contributed by atoms with E-state index in [1.54, 1.807) is 26.0 Å². The van der Waals surface area contributed by atoms with Crippen LogP contribution in [0.4, 0.5) is 0 Å². The zero-order chi connectivity index (χ0) is 12.7. The lowest BCUT2D eigenvalue weighted by Crippen LogP contribution is -1.97. The minimum Gasteiger partial charge on any atom is -0.465 e. The lowest BCUT2D eigenvalue weighted by molar-refractivity contribution is 0.227. The van der Waals surface area contributed by atoms with E-state index < -0.39 is 7.60 Å². The minimum atomic E-state index is -3.53. The van der Waals surface area contributed by atoms with Gasteiger partial charge in [0.25, 0.3) is 0 Å². The van der Waals surface area contributed by atoms with Crippen molar-refractivity contribution in [2.24, 2.45) is 0 Å². The van der Waals surface area contributed by atoms with Gasteiger partial charge in [-0.15, -0.1) is 0 Å². The molecule has 0 radical (unpaired) electrons. The summed E-state index contributed by atoms with van der Waals surface area (Å²) in [6.07, 6.45) is 2.83. The van der Waals surface area contributed by atoms with Crippen LogP contribution in [0.25, 0.3) is 6.08 Å². The normalized spacial score (nSPS) is 12.4. The molecule has 6 heteroatoms. The maximum absolute atomic E-state index is 12.3. The maximum Gasteiger partial charge on any atom is 0.371 e. The van der Waals surface area contributed by atoms with Crippen LogP contribution in [-0.4, -0.2) is 13.2 Å². The van der Waals surface area contributed by atoms with Crippen molar-refractivity contribution in [3.63, 3.8) is 0 Å². The van der Waals surface area contributed by atoms with Crippen LogP contribution < -0.4 is 0 Å². The lowest BCUT2D eigenvalue weighted by Gasteiger charge is -2.15. The van der Waals surface area contributed by atoms with Crippen LogP contribution in [0.1, 0.15) is 19.6 Å². The molecule has 0 aliphatic carbocycles. The van der Waals surface area contributed by atoms with Gasteiger partial charge < -0.3 is 13.5 Å². The van der Waals surface area contributed by atoms with Gasteiger partial charge in [-0.1, -0.05) is 0 Å². The second kappa shape index (κ2) is 6.41. The second-order valence-corrected chi connectivity index (χ2v) is 4.98. The predicted octanol–water partition coefficient (Wildman–Crippen LogP) is 3.41. The average molecular weight is 255 g/mol. The van der Waals surface area contributed by atoms with Crippen molar-refractivity contribution in [3.05, 3.63) is 29.5 Å². The zero-order valence-corrected chi connectivity index (χ0v) is 10.6. The van der Waals surface area contributed by atoms with Gasteiger partial charge in [0.1, 0.15) is 17.1 Å². The topological polar surface area (TPSA) is 72.5 Å². The van der Waals surface area contributed by atoms with Gasteiger partial charge in [-0.05, 0) is 26.0 Å². The molecule has 0 amide bonds. The second-order valence-electron chi connectivity index (χ2n) is 2.99. The maximum atomic E-state index is 12.3. The molecule has 1 rings (SSSR count). The molecule has 1 heterocycles. The monoisotopic (exact) mass is 255 g/mol. The first kappa shape index (κ1) is 13.7. The molecule has 0 N–H and O–H groups in total. The average Bonchev–Trinajstić information content (AvgIpc) is 2.79. The highest BCUT2D eigenvalue weighted by molar-refractivity contribution is 7.59. The van der Waals surface area contributed by atoms with Gasteiger partial charge >= 0.3 is 7.60 Å². The molecule has 0 saturated carbocycles. The third-order valence-corrected chi connectivity index (χ3v) is 3.85. The van der Waals surface area contributed by atoms with Gasteiger partial charge in [0.15, 0.2) is 0 Å². The quantitative estimate of drug-likeness (QED) is 0.575. The number of nitrogens with zero attached hydrogens (tertiary/aromatic N) is 1. The van der Waals surface area contributed by atoms with Gasteiger partial charge in [-0.3, -0.25) is 4.57 Å². The Bertz CT molecular complexity index is 448. The van der Waals surface area contributed by atoms with Crippen LogP contribution in [0.3, 0.4) is 0 Å². The van der Waals surface area contributed by atoms with Gasteiger partial charge in [0, 0.05) is 6.08 Å². The van der Waals surface area contributed by atoms with Gasteiger partial charge in [-0.25, -0.2) is 0 Å². The third kappa shape index (κ3) is 3.57. The molecule has 0 spiro atoms. The summed E-state index contributed by atoms with van der Waals surface area (Å²) in [5, 5.41) is 8.96. The number of allylic oxidation sites excluding steroid dienone is 1. The van der Waals surface area contributed by atoms with E-state index in [2.05, 4.69) is 0 Å². The molecule has 1 aromatic rings. The van der Waals surface area contributed by atoms with Crippen molar-refractivity contribution >= 4 is 13.7 Å². The Morgan fingerprint density at radius 3 is 2.59 bits per heavy atom. The van der Waals surface area contributed by atoms with Crippen LogP contribution in [-0.2, 0) is 13.6 Å². The molecule has 0 aliphatic heterocycles. The molecule has 0 unspecified atom stereocenters. The van der Waals surface area contributed by atoms with Crippen molar-refractivity contribution in [1.82, 2.24) is 0 Å². The lowest BCUT2D eigenvalue weighted by atomic mass is 10.4. The van der Waals surface area contributed by atoms with Crippen LogP contribution >= 0.6 is 7.60 Å². The Kier molecular flexibility index (Phi) is 5.17. The summed E-state index contributed by atoms with van der Waals surface area (Å²) in [4.78, 5) is 0. The molecule has 0 bridgehead atoms. The molecule has 17 heavy (non-hydrogen) atoms. The summed E-state index contributed by atoms with van der Waals surface area (Å²) in [7, 11) is -3.53. The summed E-state index contributed by atoms with van der Waals surface area (Å²) in [6.45, 7) is 3.78. The fourth-order valence-electron chi connectivity index (χ4n) is 1.20. The Labute approximate surface area is 100 Å². The van der Waals surface area contributed by atoms with E-state index in [-0.39, 0.29) is 18.5 Å². The SMILES string of the molecule is CCOP(=O)(OCC)/C(C#N)=C/c1ccco1. The zero-order valence-electron chi connectivity index (χ0n) is 9.75. The molecule has 5 nitrogen and oxygen atoms in total. The predicted molar refractivity (Wildman–Crippen MR) is 63.2 cm³/mol. The minimum absolute atomic E-state index is 0.0591. The molecule has 0 fully saturated rings. The van der Waals surface area contributed by atoms with Crippen LogP contribution in [0.2, 0.25) is 0 Å². The molecule has 92 valence electrons. The summed E-state index contributed by atoms with van der Waals surface area (Å²) >= 11 is 0. The standard InChI is InChI=1S/C11H14NO4P/c1-3-15-17(13,16-4-2)11(9-12)8-10-6-5-7-14-10/h5-8H,3-4H2,1-2H3/b11-8+. The van der Waals surface area contributed by atoms with Crippen molar-refractivity contribution in [1.29, 1.82) is 5.26 Å². The number of nitriles is 1. The molecular weight excluding hydrogens is 241 g/mol. The van der Waals surface area contributed by atoms with Crippen molar-refractivity contribution < 1.29 is 18.0 Å². The fourth-order valence-corrected chi connectivity index (χ4v) is 2.64. The summed E-state index contributed by atoms with van der Waals surface area (Å²) in [5.41, 5.74) is 0. The van der Waals surface area contributed by atoms with E-state index in [9.17, 15) is 4.57 Å². The Morgan fingerprint density at radius 1 is 1.53 bits per heavy atom. The van der Waals surface area contributed by atoms with E-state index in [4.69, 9.17) is 18.7 Å². The van der Waals surface area contributed by atoms with E-state index >= 15 is 0 Å². The Morgan fingerprint density at radius 2 is 2.18 bits per heavy atom. The number of furan rings is 1. The van der Waals surface area contributed by atoms with E-state index in [1.807, 2.05) is 6.07 Å². The molecule has 0 saturated heterocycles. The van der Waals surface area contributed by atoms with E-state index in [1.165, 1.54) is 12.3 Å². The highest BCUT2D eigenvalue weighted by Gasteiger charge is 2.30. The van der Waals surface area contributed by atoms with Gasteiger partial charge in [0.05, 0.1) is 19.5 Å². The van der Waals surface area contributed by atoms with Crippen molar-refractivity contribution in [2.75, 3.05) is 13.2 Å². The van der Waals surface area contributed by atoms with E-state index in [0.717, 1.165) is 0 Å². The largest absolute Gasteiger partial charge is 0.465 e. The Balaban J connectivity index is 3.06. The molecule has 1 aromatic heterocycles. The molecular formula is C11H14NO4P. The summed E-state index contributed by atoms with van der Waals surface area (Å²) in [5.74, 6) is 0.432. The molecule has 0 aliphatic rings. The first-order valence-electron chi connectivity index (χ1n) is 5.21. The number of hydrogen-bond donors (Lipinski definition) is 0. The van der Waals surface area contributed by atoms with Crippen LogP contribution in [0.15, 0.2) is 28.1 Å². The first-order valence-corrected chi connectivity index (χ1v) is 6.75. The summed E-state index contributed by atoms with van der Waals surface area (Å²) < 4.78 is 27.5. The highest BCUT2D eigenvalue weighted by atomic mass is 31.2.